The molecule has 3 aromatic heterocycles. The molecule has 0 unspecified atom stereocenters. The Morgan fingerprint density at radius 1 is 0.694 bits per heavy atom. The Kier molecular flexibility index (Phi) is 7.95. The monoisotopic (exact) mass is 663 g/mol. The molecule has 0 saturated heterocycles. The van der Waals surface area contributed by atoms with Crippen molar-refractivity contribution in [1.82, 2.24) is 9.97 Å². The molecule has 181 valence electrons. The Labute approximate surface area is 226 Å². The van der Waals surface area contributed by atoms with Gasteiger partial charge in [0, 0.05) is 57.0 Å². The molecule has 0 aliphatic carbocycles. The number of hydrogen-bond acceptors (Lipinski definition) is 3. The summed E-state index contributed by atoms with van der Waals surface area (Å²) in [6.07, 6.45) is 3.66. The van der Waals surface area contributed by atoms with Crippen LogP contribution in [0.15, 0.2) is 108 Å². The second-order valence-corrected chi connectivity index (χ2v) is 14.4. The maximum atomic E-state index is 6.14. The smallest absolute Gasteiger partial charge is 0.134 e. The minimum atomic E-state index is -1.50. The minimum Gasteiger partial charge on any atom is -0.464 e. The van der Waals surface area contributed by atoms with Crippen LogP contribution in [-0.4, -0.2) is 18.0 Å². The van der Waals surface area contributed by atoms with Gasteiger partial charge in [0.05, 0.1) is 0 Å². The van der Waals surface area contributed by atoms with Crippen LogP contribution < -0.4 is 5.19 Å². The van der Waals surface area contributed by atoms with E-state index in [4.69, 9.17) is 4.42 Å². The molecule has 6 rings (SSSR count). The number of aromatic nitrogens is 2. The number of rotatable bonds is 3. The van der Waals surface area contributed by atoms with Gasteiger partial charge < -0.3 is 14.4 Å². The molecule has 1 radical (unpaired) electrons. The minimum absolute atomic E-state index is 0. The quantitative estimate of drug-likeness (QED) is 0.145. The van der Waals surface area contributed by atoms with Gasteiger partial charge in [-0.1, -0.05) is 50.0 Å². The summed E-state index contributed by atoms with van der Waals surface area (Å²) in [6, 6.07) is 36.6. The molecule has 0 bridgehead atoms. The third-order valence-electron chi connectivity index (χ3n) is 5.84. The van der Waals surface area contributed by atoms with Crippen LogP contribution in [0.3, 0.4) is 0 Å². The van der Waals surface area contributed by atoms with Crippen LogP contribution in [0.5, 0.6) is 0 Å². The van der Waals surface area contributed by atoms with Crippen LogP contribution >= 0.6 is 0 Å². The van der Waals surface area contributed by atoms with Crippen molar-refractivity contribution in [1.29, 1.82) is 0 Å². The van der Waals surface area contributed by atoms with Gasteiger partial charge in [-0.2, -0.15) is 0 Å². The Hall–Kier alpha value is -3.37. The number of nitrogens with zero attached hydrogens (tertiary/aromatic N) is 2. The van der Waals surface area contributed by atoms with Crippen LogP contribution in [0.4, 0.5) is 0 Å². The van der Waals surface area contributed by atoms with Crippen molar-refractivity contribution >= 4 is 35.2 Å². The van der Waals surface area contributed by atoms with Crippen molar-refractivity contribution in [3.05, 3.63) is 116 Å². The predicted molar refractivity (Wildman–Crippen MR) is 147 cm³/mol. The number of fused-ring (bicyclic) bond motifs is 3. The van der Waals surface area contributed by atoms with E-state index < -0.39 is 8.07 Å². The topological polar surface area (TPSA) is 38.9 Å². The van der Waals surface area contributed by atoms with E-state index in [9.17, 15) is 0 Å². The average molecular weight is 663 g/mol. The molecule has 0 fully saturated rings. The van der Waals surface area contributed by atoms with Gasteiger partial charge >= 0.3 is 0 Å². The fourth-order valence-electron chi connectivity index (χ4n) is 4.16. The zero-order valence-electron chi connectivity index (χ0n) is 20.5. The summed E-state index contributed by atoms with van der Waals surface area (Å²) in [7, 11) is -1.50. The van der Waals surface area contributed by atoms with Gasteiger partial charge in [-0.25, -0.2) is 0 Å². The average Bonchev–Trinajstić information content (AvgIpc) is 3.29. The van der Waals surface area contributed by atoms with Gasteiger partial charge in [-0.05, 0) is 23.9 Å². The van der Waals surface area contributed by atoms with Gasteiger partial charge in [0.1, 0.15) is 11.2 Å². The summed E-state index contributed by atoms with van der Waals surface area (Å²) in [6.45, 7) is 7.04. The third-order valence-corrected chi connectivity index (χ3v) is 7.88. The van der Waals surface area contributed by atoms with Crippen LogP contribution in [0.2, 0.25) is 19.6 Å². The van der Waals surface area contributed by atoms with Crippen molar-refractivity contribution in [2.75, 3.05) is 0 Å². The van der Waals surface area contributed by atoms with Gasteiger partial charge in [0.2, 0.25) is 0 Å². The molecule has 0 amide bonds. The third kappa shape index (κ3) is 5.39. The van der Waals surface area contributed by atoms with Crippen molar-refractivity contribution in [3.63, 3.8) is 0 Å². The molecule has 0 atom stereocenters. The number of benzene rings is 3. The molecule has 0 saturated carbocycles. The summed E-state index contributed by atoms with van der Waals surface area (Å²) < 4.78 is 6.14. The molecule has 6 aromatic rings. The maximum Gasteiger partial charge on any atom is 0.134 e. The molecule has 0 aliphatic rings. The Bertz CT molecular complexity index is 1540. The summed E-state index contributed by atoms with van der Waals surface area (Å²) in [5, 5.41) is 3.61. The van der Waals surface area contributed by atoms with E-state index >= 15 is 0 Å². The fourth-order valence-corrected chi connectivity index (χ4v) is 5.70. The van der Waals surface area contributed by atoms with E-state index in [1.54, 1.807) is 6.20 Å². The van der Waals surface area contributed by atoms with Crippen molar-refractivity contribution in [2.45, 2.75) is 19.6 Å². The molecule has 3 heterocycles. The Balaban J connectivity index is 0.000000198. The van der Waals surface area contributed by atoms with E-state index in [2.05, 4.69) is 59.9 Å². The van der Waals surface area contributed by atoms with Gasteiger partial charge in [-0.3, -0.25) is 0 Å². The van der Waals surface area contributed by atoms with E-state index in [1.165, 1.54) is 5.19 Å². The maximum absolute atomic E-state index is 6.14. The summed E-state index contributed by atoms with van der Waals surface area (Å²) in [4.78, 5) is 8.86. The molecular formula is C31H26IrN2OSi-2. The van der Waals surface area contributed by atoms with Gasteiger partial charge in [-0.15, -0.1) is 70.9 Å². The summed E-state index contributed by atoms with van der Waals surface area (Å²) in [5.74, 6) is 0. The van der Waals surface area contributed by atoms with Crippen LogP contribution in [-0.2, 0) is 20.1 Å². The Morgan fingerprint density at radius 3 is 2.22 bits per heavy atom. The standard InChI is InChI=1S/C20H18NOSi.C11H8N.Ir/c1-23(2,3)18-11-7-5-9-16(18)19-20-15(12-13-21-19)14-8-4-6-10-17(14)22-20;1-2-6-10(7-3-1)11-8-4-5-9-12-11;/h4-8,10-13H,1-3H3;1-6,8-9H;/q2*-1;. The number of hydrogen-bond donors (Lipinski definition) is 0. The fraction of sp³-hybridized carbons (Fsp3) is 0.0968. The SMILES string of the molecule is C[Si](C)(C)c1ccc[c-]c1-c1nccc2c1oc1ccccc12.[Ir].[c-]1ccccc1-c1ccccn1. The van der Waals surface area contributed by atoms with Crippen molar-refractivity contribution in [2.24, 2.45) is 0 Å². The van der Waals surface area contributed by atoms with Crippen LogP contribution in [0.1, 0.15) is 0 Å². The first-order chi connectivity index (χ1) is 17.0. The molecular weight excluding hydrogens is 637 g/mol. The zero-order valence-corrected chi connectivity index (χ0v) is 23.8. The zero-order chi connectivity index (χ0) is 24.3. The molecule has 3 nitrogen and oxygen atoms in total. The van der Waals surface area contributed by atoms with E-state index in [0.29, 0.717) is 0 Å². The summed E-state index contributed by atoms with van der Waals surface area (Å²) in [5.41, 5.74) is 5.75. The molecule has 0 aliphatic heterocycles. The molecule has 3 aromatic carbocycles. The van der Waals surface area contributed by atoms with Crippen molar-refractivity contribution in [3.8, 4) is 22.5 Å². The number of para-hydroxylation sites is 1. The first-order valence-corrected chi connectivity index (χ1v) is 15.2. The molecule has 0 spiro atoms. The second kappa shape index (κ2) is 11.1. The largest absolute Gasteiger partial charge is 0.464 e. The van der Waals surface area contributed by atoms with Gasteiger partial charge in [0.15, 0.2) is 0 Å². The predicted octanol–water partition coefficient (Wildman–Crippen LogP) is 7.54. The van der Waals surface area contributed by atoms with E-state index in [-0.39, 0.29) is 20.1 Å². The van der Waals surface area contributed by atoms with Gasteiger partial charge in [0.25, 0.3) is 0 Å². The number of furan rings is 1. The second-order valence-electron chi connectivity index (χ2n) is 9.33. The first kappa shape index (κ1) is 25.7. The van der Waals surface area contributed by atoms with E-state index in [0.717, 1.165) is 44.5 Å². The molecule has 36 heavy (non-hydrogen) atoms. The van der Waals surface area contributed by atoms with Crippen molar-refractivity contribution < 1.29 is 24.5 Å². The number of pyridine rings is 2. The van der Waals surface area contributed by atoms with Crippen LogP contribution in [0.25, 0.3) is 44.5 Å². The summed E-state index contributed by atoms with van der Waals surface area (Å²) >= 11 is 0. The Morgan fingerprint density at radius 2 is 1.47 bits per heavy atom. The molecule has 5 heteroatoms. The normalized spacial score (nSPS) is 11.0. The van der Waals surface area contributed by atoms with E-state index in [1.807, 2.05) is 79.0 Å². The first-order valence-electron chi connectivity index (χ1n) is 11.7. The van der Waals surface area contributed by atoms with Crippen LogP contribution in [0, 0.1) is 12.1 Å². The molecule has 0 N–H and O–H groups in total.